The first kappa shape index (κ1) is 11.5. The molecular formula is C13H9F3O. The monoisotopic (exact) mass is 238 g/mol. The summed E-state index contributed by atoms with van der Waals surface area (Å²) < 4.78 is 44.6. The molecule has 0 aliphatic rings. The summed E-state index contributed by atoms with van der Waals surface area (Å²) in [4.78, 5) is 0. The third-order valence-corrected chi connectivity index (χ3v) is 2.15. The van der Waals surface area contributed by atoms with E-state index in [2.05, 4.69) is 4.74 Å². The average molecular weight is 238 g/mol. The van der Waals surface area contributed by atoms with Gasteiger partial charge >= 0.3 is 6.11 Å². The maximum Gasteiger partial charge on any atom is 0.426 e. The molecule has 0 atom stereocenters. The van der Waals surface area contributed by atoms with E-state index in [1.165, 1.54) is 36.4 Å². The van der Waals surface area contributed by atoms with Crippen LogP contribution in [0, 0.1) is 5.82 Å². The van der Waals surface area contributed by atoms with Crippen LogP contribution in [0.15, 0.2) is 54.6 Å². The van der Waals surface area contributed by atoms with Crippen LogP contribution in [0.3, 0.4) is 0 Å². The summed E-state index contributed by atoms with van der Waals surface area (Å²) in [5.74, 6) is -0.829. The fourth-order valence-electron chi connectivity index (χ4n) is 1.37. The highest BCUT2D eigenvalue weighted by molar-refractivity contribution is 5.25. The zero-order valence-electron chi connectivity index (χ0n) is 8.74. The molecule has 2 aromatic rings. The van der Waals surface area contributed by atoms with Crippen molar-refractivity contribution in [2.24, 2.45) is 0 Å². The first-order valence-corrected chi connectivity index (χ1v) is 4.96. The van der Waals surface area contributed by atoms with E-state index in [0.29, 0.717) is 0 Å². The molecule has 0 bridgehead atoms. The number of alkyl halides is 2. The van der Waals surface area contributed by atoms with Gasteiger partial charge in [0.05, 0.1) is 5.56 Å². The smallest absolute Gasteiger partial charge is 0.426 e. The predicted molar refractivity (Wildman–Crippen MR) is 57.4 cm³/mol. The minimum absolute atomic E-state index is 0.209. The van der Waals surface area contributed by atoms with Crippen molar-refractivity contribution in [2.75, 3.05) is 0 Å². The van der Waals surface area contributed by atoms with Crippen molar-refractivity contribution < 1.29 is 17.9 Å². The lowest BCUT2D eigenvalue weighted by molar-refractivity contribution is -0.185. The fraction of sp³-hybridized carbons (Fsp3) is 0.0769. The molecule has 0 N–H and O–H groups in total. The molecular weight excluding hydrogens is 229 g/mol. The van der Waals surface area contributed by atoms with E-state index in [0.717, 1.165) is 12.1 Å². The van der Waals surface area contributed by atoms with E-state index in [9.17, 15) is 13.2 Å². The number of ether oxygens (including phenoxy) is 1. The number of hydrogen-bond donors (Lipinski definition) is 0. The molecule has 17 heavy (non-hydrogen) atoms. The topological polar surface area (TPSA) is 9.23 Å². The SMILES string of the molecule is Fc1cccc(OC(F)(F)c2ccccc2)c1. The molecule has 0 unspecified atom stereocenters. The largest absolute Gasteiger partial charge is 0.429 e. The van der Waals surface area contributed by atoms with Crippen molar-refractivity contribution in [2.45, 2.75) is 6.11 Å². The molecule has 0 saturated carbocycles. The molecule has 2 aromatic carbocycles. The lowest BCUT2D eigenvalue weighted by atomic mass is 10.2. The van der Waals surface area contributed by atoms with Crippen molar-refractivity contribution in [3.63, 3.8) is 0 Å². The molecule has 2 rings (SSSR count). The van der Waals surface area contributed by atoms with Gasteiger partial charge in [-0.05, 0) is 24.3 Å². The van der Waals surface area contributed by atoms with Crippen molar-refractivity contribution in [1.82, 2.24) is 0 Å². The molecule has 0 heterocycles. The third kappa shape index (κ3) is 2.78. The van der Waals surface area contributed by atoms with Crippen molar-refractivity contribution in [3.05, 3.63) is 66.0 Å². The van der Waals surface area contributed by atoms with E-state index in [1.54, 1.807) is 6.07 Å². The van der Waals surface area contributed by atoms with E-state index in [1.807, 2.05) is 0 Å². The van der Waals surface area contributed by atoms with E-state index < -0.39 is 11.9 Å². The van der Waals surface area contributed by atoms with Gasteiger partial charge in [-0.25, -0.2) is 4.39 Å². The summed E-state index contributed by atoms with van der Waals surface area (Å²) >= 11 is 0. The van der Waals surface area contributed by atoms with Crippen molar-refractivity contribution >= 4 is 0 Å². The van der Waals surface area contributed by atoms with Crippen molar-refractivity contribution in [1.29, 1.82) is 0 Å². The second-order valence-corrected chi connectivity index (χ2v) is 3.44. The van der Waals surface area contributed by atoms with Crippen LogP contribution in [0.4, 0.5) is 13.2 Å². The van der Waals surface area contributed by atoms with Gasteiger partial charge in [-0.2, -0.15) is 8.78 Å². The molecule has 0 saturated heterocycles. The Morgan fingerprint density at radius 1 is 0.882 bits per heavy atom. The minimum atomic E-state index is -3.48. The second kappa shape index (κ2) is 4.49. The quantitative estimate of drug-likeness (QED) is 0.786. The Labute approximate surface area is 96.5 Å². The number of rotatable bonds is 3. The number of halogens is 3. The van der Waals surface area contributed by atoms with Gasteiger partial charge in [0.2, 0.25) is 0 Å². The molecule has 4 heteroatoms. The number of benzene rings is 2. The molecule has 1 nitrogen and oxygen atoms in total. The average Bonchev–Trinajstić information content (AvgIpc) is 2.29. The lowest BCUT2D eigenvalue weighted by Crippen LogP contribution is -2.21. The summed E-state index contributed by atoms with van der Waals surface area (Å²) in [5, 5.41) is 0. The van der Waals surface area contributed by atoms with Crippen LogP contribution >= 0.6 is 0 Å². The highest BCUT2D eigenvalue weighted by Crippen LogP contribution is 2.31. The van der Waals surface area contributed by atoms with Gasteiger partial charge in [0.25, 0.3) is 0 Å². The van der Waals surface area contributed by atoms with E-state index in [4.69, 9.17) is 0 Å². The Hall–Kier alpha value is -1.97. The molecule has 0 spiro atoms. The zero-order valence-corrected chi connectivity index (χ0v) is 8.74. The maximum absolute atomic E-state index is 13.6. The first-order chi connectivity index (χ1) is 8.08. The molecule has 0 aliphatic carbocycles. The summed E-state index contributed by atoms with van der Waals surface area (Å²) in [5.41, 5.74) is -0.274. The van der Waals surface area contributed by atoms with Crippen LogP contribution in [0.5, 0.6) is 5.75 Å². The van der Waals surface area contributed by atoms with Gasteiger partial charge in [-0.1, -0.05) is 24.3 Å². The van der Waals surface area contributed by atoms with Gasteiger partial charge in [0.1, 0.15) is 11.6 Å². The second-order valence-electron chi connectivity index (χ2n) is 3.44. The lowest BCUT2D eigenvalue weighted by Gasteiger charge is -2.18. The molecule has 0 radical (unpaired) electrons. The summed E-state index contributed by atoms with van der Waals surface area (Å²) in [6, 6.07) is 11.8. The van der Waals surface area contributed by atoms with Gasteiger partial charge in [-0.15, -0.1) is 0 Å². The van der Waals surface area contributed by atoms with E-state index in [-0.39, 0.29) is 11.3 Å². The van der Waals surface area contributed by atoms with Crippen LogP contribution < -0.4 is 4.74 Å². The van der Waals surface area contributed by atoms with Gasteiger partial charge in [0.15, 0.2) is 0 Å². The van der Waals surface area contributed by atoms with Crippen LogP contribution in [0.1, 0.15) is 5.56 Å². The van der Waals surface area contributed by atoms with Crippen LogP contribution in [0.25, 0.3) is 0 Å². The normalized spacial score (nSPS) is 11.2. The van der Waals surface area contributed by atoms with Crippen LogP contribution in [-0.2, 0) is 6.11 Å². The zero-order chi connectivity index (χ0) is 12.3. The summed E-state index contributed by atoms with van der Waals surface area (Å²) in [6.45, 7) is 0. The summed E-state index contributed by atoms with van der Waals surface area (Å²) in [6.07, 6.45) is -3.48. The Morgan fingerprint density at radius 3 is 2.24 bits per heavy atom. The van der Waals surface area contributed by atoms with Crippen LogP contribution in [-0.4, -0.2) is 0 Å². The molecule has 0 fully saturated rings. The Bertz CT molecular complexity index is 497. The van der Waals surface area contributed by atoms with Crippen molar-refractivity contribution in [3.8, 4) is 5.75 Å². The van der Waals surface area contributed by atoms with Crippen LogP contribution in [0.2, 0.25) is 0 Å². The first-order valence-electron chi connectivity index (χ1n) is 4.96. The standard InChI is InChI=1S/C13H9F3O/c14-11-7-4-8-12(9-11)17-13(15,16)10-5-2-1-3-6-10/h1-9H. The Morgan fingerprint density at radius 2 is 1.59 bits per heavy atom. The summed E-state index contributed by atoms with van der Waals surface area (Å²) in [7, 11) is 0. The minimum Gasteiger partial charge on any atom is -0.429 e. The molecule has 0 amide bonds. The maximum atomic E-state index is 13.6. The molecule has 88 valence electrons. The third-order valence-electron chi connectivity index (χ3n) is 2.15. The Kier molecular flexibility index (Phi) is 3.04. The highest BCUT2D eigenvalue weighted by atomic mass is 19.3. The van der Waals surface area contributed by atoms with E-state index >= 15 is 0 Å². The predicted octanol–water partition coefficient (Wildman–Crippen LogP) is 3.95. The van der Waals surface area contributed by atoms with Gasteiger partial charge in [-0.3, -0.25) is 0 Å². The fourth-order valence-corrected chi connectivity index (χ4v) is 1.37. The highest BCUT2D eigenvalue weighted by Gasteiger charge is 2.34. The molecule has 0 aromatic heterocycles. The number of hydrogen-bond acceptors (Lipinski definition) is 1. The van der Waals surface area contributed by atoms with Gasteiger partial charge < -0.3 is 4.74 Å². The Balaban J connectivity index is 2.23. The van der Waals surface area contributed by atoms with Gasteiger partial charge in [0, 0.05) is 6.07 Å². The molecule has 0 aliphatic heterocycles.